The van der Waals surface area contributed by atoms with E-state index in [0.29, 0.717) is 12.0 Å². The lowest BCUT2D eigenvalue weighted by atomic mass is 10.0. The highest BCUT2D eigenvalue weighted by atomic mass is 32.1. The highest BCUT2D eigenvalue weighted by Gasteiger charge is 2.11. The molecule has 1 atom stereocenters. The number of nitrogens with one attached hydrogen (secondary N) is 1. The molecule has 2 aromatic heterocycles. The summed E-state index contributed by atoms with van der Waals surface area (Å²) in [5, 5.41) is 5.62. The van der Waals surface area contributed by atoms with E-state index in [-0.39, 0.29) is 0 Å². The molecule has 0 spiro atoms. The fourth-order valence-corrected chi connectivity index (χ4v) is 2.67. The van der Waals surface area contributed by atoms with Crippen molar-refractivity contribution in [2.45, 2.75) is 39.8 Å². The van der Waals surface area contributed by atoms with E-state index < -0.39 is 0 Å². The first-order chi connectivity index (χ1) is 7.70. The predicted octanol–water partition coefficient (Wildman–Crippen LogP) is 2.92. The maximum atomic E-state index is 4.56. The summed E-state index contributed by atoms with van der Waals surface area (Å²) in [4.78, 5) is 5.64. The van der Waals surface area contributed by atoms with Gasteiger partial charge in [0, 0.05) is 30.4 Å². The van der Waals surface area contributed by atoms with Crippen LogP contribution in [0.25, 0.3) is 4.96 Å². The highest BCUT2D eigenvalue weighted by molar-refractivity contribution is 7.15. The van der Waals surface area contributed by atoms with Gasteiger partial charge < -0.3 is 5.32 Å². The van der Waals surface area contributed by atoms with Gasteiger partial charge in [-0.25, -0.2) is 4.98 Å². The molecule has 2 heterocycles. The van der Waals surface area contributed by atoms with Crippen LogP contribution in [0.1, 0.15) is 32.9 Å². The molecule has 0 amide bonds. The Hall–Kier alpha value is -0.870. The molecule has 0 aromatic carbocycles. The predicted molar refractivity (Wildman–Crippen MR) is 68.8 cm³/mol. The van der Waals surface area contributed by atoms with E-state index in [4.69, 9.17) is 0 Å². The van der Waals surface area contributed by atoms with Crippen LogP contribution in [0.3, 0.4) is 0 Å². The minimum Gasteiger partial charge on any atom is -0.308 e. The first kappa shape index (κ1) is 11.6. The molecular weight excluding hydrogens is 218 g/mol. The number of fused-ring (bicyclic) bond motifs is 1. The summed E-state index contributed by atoms with van der Waals surface area (Å²) in [5.41, 5.74) is 1.13. The smallest absolute Gasteiger partial charge is 0.193 e. The lowest BCUT2D eigenvalue weighted by Gasteiger charge is -2.19. The van der Waals surface area contributed by atoms with Crippen molar-refractivity contribution in [2.75, 3.05) is 0 Å². The zero-order valence-corrected chi connectivity index (χ0v) is 10.9. The fourth-order valence-electron chi connectivity index (χ4n) is 1.95. The molecule has 3 nitrogen and oxygen atoms in total. The molecule has 0 saturated carbocycles. The Morgan fingerprint density at radius 2 is 2.31 bits per heavy atom. The number of imidazole rings is 1. The standard InChI is InChI=1S/C12H19N3S/c1-4-11(9(2)3)13-7-10-8-15-5-6-16-12(15)14-10/h5-6,8-9,11,13H,4,7H2,1-3H3. The van der Waals surface area contributed by atoms with E-state index in [1.54, 1.807) is 11.3 Å². The molecule has 1 N–H and O–H groups in total. The van der Waals surface area contributed by atoms with Gasteiger partial charge in [0.1, 0.15) is 0 Å². The molecule has 1 unspecified atom stereocenters. The second-order valence-electron chi connectivity index (χ2n) is 4.46. The average Bonchev–Trinajstić information content (AvgIpc) is 2.77. The van der Waals surface area contributed by atoms with Crippen molar-refractivity contribution in [3.8, 4) is 0 Å². The molecule has 88 valence electrons. The average molecular weight is 237 g/mol. The van der Waals surface area contributed by atoms with Gasteiger partial charge in [-0.1, -0.05) is 20.8 Å². The number of hydrogen-bond acceptors (Lipinski definition) is 3. The van der Waals surface area contributed by atoms with Crippen LogP contribution in [0, 0.1) is 5.92 Å². The third-order valence-corrected chi connectivity index (χ3v) is 3.70. The molecule has 2 aromatic rings. The van der Waals surface area contributed by atoms with Gasteiger partial charge >= 0.3 is 0 Å². The summed E-state index contributed by atoms with van der Waals surface area (Å²) >= 11 is 1.68. The molecule has 0 aliphatic carbocycles. The van der Waals surface area contributed by atoms with Crippen molar-refractivity contribution >= 4 is 16.3 Å². The Bertz CT molecular complexity index is 415. The minimum atomic E-state index is 0.583. The normalized spacial score (nSPS) is 13.8. The summed E-state index contributed by atoms with van der Waals surface area (Å²) in [5.74, 6) is 0.675. The van der Waals surface area contributed by atoms with Gasteiger partial charge in [0.05, 0.1) is 5.69 Å². The number of nitrogens with zero attached hydrogens (tertiary/aromatic N) is 2. The van der Waals surface area contributed by atoms with Crippen LogP contribution in [0.15, 0.2) is 17.8 Å². The van der Waals surface area contributed by atoms with Crippen LogP contribution in [-0.4, -0.2) is 15.4 Å². The Morgan fingerprint density at radius 3 is 2.94 bits per heavy atom. The van der Waals surface area contributed by atoms with Gasteiger partial charge in [0.15, 0.2) is 4.96 Å². The Kier molecular flexibility index (Phi) is 3.61. The number of aromatic nitrogens is 2. The van der Waals surface area contributed by atoms with Crippen molar-refractivity contribution in [1.82, 2.24) is 14.7 Å². The zero-order chi connectivity index (χ0) is 11.5. The first-order valence-electron chi connectivity index (χ1n) is 5.85. The molecule has 2 rings (SSSR count). The molecular formula is C12H19N3S. The third-order valence-electron chi connectivity index (χ3n) is 2.93. The molecule has 0 saturated heterocycles. The van der Waals surface area contributed by atoms with Crippen LogP contribution < -0.4 is 5.32 Å². The van der Waals surface area contributed by atoms with Crippen LogP contribution in [0.4, 0.5) is 0 Å². The summed E-state index contributed by atoms with van der Waals surface area (Å²) in [6.45, 7) is 7.61. The summed E-state index contributed by atoms with van der Waals surface area (Å²) in [6.07, 6.45) is 5.32. The van der Waals surface area contributed by atoms with Crippen molar-refractivity contribution in [1.29, 1.82) is 0 Å². The van der Waals surface area contributed by atoms with Crippen LogP contribution in [0.5, 0.6) is 0 Å². The topological polar surface area (TPSA) is 29.3 Å². The van der Waals surface area contributed by atoms with Crippen molar-refractivity contribution in [2.24, 2.45) is 5.92 Å². The van der Waals surface area contributed by atoms with E-state index in [1.165, 1.54) is 6.42 Å². The highest BCUT2D eigenvalue weighted by Crippen LogP contribution is 2.12. The van der Waals surface area contributed by atoms with Crippen LogP contribution in [-0.2, 0) is 6.54 Å². The molecule has 0 aliphatic rings. The lowest BCUT2D eigenvalue weighted by Crippen LogP contribution is -2.32. The van der Waals surface area contributed by atoms with Crippen molar-refractivity contribution in [3.05, 3.63) is 23.5 Å². The maximum absolute atomic E-state index is 4.56. The van der Waals surface area contributed by atoms with Gasteiger partial charge in [-0.15, -0.1) is 11.3 Å². The number of hydrogen-bond donors (Lipinski definition) is 1. The molecule has 4 heteroatoms. The second-order valence-corrected chi connectivity index (χ2v) is 5.34. The van der Waals surface area contributed by atoms with E-state index >= 15 is 0 Å². The largest absolute Gasteiger partial charge is 0.308 e. The lowest BCUT2D eigenvalue weighted by molar-refractivity contribution is 0.386. The van der Waals surface area contributed by atoms with Crippen LogP contribution >= 0.6 is 11.3 Å². The fraction of sp³-hybridized carbons (Fsp3) is 0.583. The van der Waals surface area contributed by atoms with E-state index in [0.717, 1.165) is 17.2 Å². The van der Waals surface area contributed by atoms with E-state index in [1.807, 2.05) is 0 Å². The Balaban J connectivity index is 1.97. The molecule has 0 bridgehead atoms. The van der Waals surface area contributed by atoms with Crippen molar-refractivity contribution < 1.29 is 0 Å². The second kappa shape index (κ2) is 4.97. The van der Waals surface area contributed by atoms with Gasteiger partial charge in [-0.05, 0) is 12.3 Å². The van der Waals surface area contributed by atoms with Crippen molar-refractivity contribution in [3.63, 3.8) is 0 Å². The quantitative estimate of drug-likeness (QED) is 0.866. The maximum Gasteiger partial charge on any atom is 0.193 e. The van der Waals surface area contributed by atoms with Gasteiger partial charge in [0.25, 0.3) is 0 Å². The number of rotatable bonds is 5. The molecule has 0 fully saturated rings. The van der Waals surface area contributed by atoms with Gasteiger partial charge in [0.2, 0.25) is 0 Å². The first-order valence-corrected chi connectivity index (χ1v) is 6.73. The summed E-state index contributed by atoms with van der Waals surface area (Å²) in [7, 11) is 0. The molecule has 0 aliphatic heterocycles. The Morgan fingerprint density at radius 1 is 1.50 bits per heavy atom. The third kappa shape index (κ3) is 2.44. The SMILES string of the molecule is CCC(NCc1cn2ccsc2n1)C(C)C. The summed E-state index contributed by atoms with van der Waals surface area (Å²) < 4.78 is 2.08. The monoisotopic (exact) mass is 237 g/mol. The Labute approximate surface area is 101 Å². The van der Waals surface area contributed by atoms with E-state index in [9.17, 15) is 0 Å². The van der Waals surface area contributed by atoms with Gasteiger partial charge in [-0.3, -0.25) is 4.40 Å². The minimum absolute atomic E-state index is 0.583. The van der Waals surface area contributed by atoms with E-state index in [2.05, 4.69) is 53.2 Å². The zero-order valence-electron chi connectivity index (χ0n) is 10.1. The van der Waals surface area contributed by atoms with Crippen LogP contribution in [0.2, 0.25) is 0 Å². The van der Waals surface area contributed by atoms with Gasteiger partial charge in [-0.2, -0.15) is 0 Å². The number of thiazole rings is 1. The molecule has 16 heavy (non-hydrogen) atoms. The molecule has 0 radical (unpaired) electrons. The summed E-state index contributed by atoms with van der Waals surface area (Å²) in [6, 6.07) is 0.583.